The van der Waals surface area contributed by atoms with Crippen LogP contribution in [0.2, 0.25) is 0 Å². The van der Waals surface area contributed by atoms with E-state index < -0.39 is 5.91 Å². The third-order valence-corrected chi connectivity index (χ3v) is 4.11. The third kappa shape index (κ3) is 2.90. The number of hydrogen-bond acceptors (Lipinski definition) is 5. The molecule has 3 N–H and O–H groups in total. The average molecular weight is 330 g/mol. The van der Waals surface area contributed by atoms with Crippen LogP contribution in [0.5, 0.6) is 0 Å². The second-order valence-electron chi connectivity index (χ2n) is 4.87. The van der Waals surface area contributed by atoms with Crippen molar-refractivity contribution in [3.63, 3.8) is 0 Å². The van der Waals surface area contributed by atoms with Crippen LogP contribution in [0, 0.1) is 6.92 Å². The van der Waals surface area contributed by atoms with E-state index in [1.165, 1.54) is 17.5 Å². The molecule has 0 unspecified atom stereocenters. The Morgan fingerprint density at radius 1 is 1.43 bits per heavy atom. The van der Waals surface area contributed by atoms with Crippen molar-refractivity contribution in [2.24, 2.45) is 10.7 Å². The number of amides is 2. The van der Waals surface area contributed by atoms with Crippen molar-refractivity contribution in [2.45, 2.75) is 20.4 Å². The number of thiazole rings is 1. The number of nitrogens with one attached hydrogen (secondary N) is 1. The predicted octanol–water partition coefficient (Wildman–Crippen LogP) is 0.989. The standard InChI is InChI=1S/C14H14N6O2S/c1-3-20-9(4-7(2)19-20)13(22)18-14-17-12-10(23-14)5-8(6-16-12)11(15)21/h4-6H,3H2,1-2H3,(H2,15,21)(H,16,17,18,22). The van der Waals surface area contributed by atoms with Crippen LogP contribution in [-0.4, -0.2) is 31.6 Å². The first-order chi connectivity index (χ1) is 11.0. The molecule has 0 bridgehead atoms. The summed E-state index contributed by atoms with van der Waals surface area (Å²) in [5.41, 5.74) is 7.28. The average Bonchev–Trinajstić information content (AvgIpc) is 3.08. The number of aromatic amines is 1. The van der Waals surface area contributed by atoms with Crippen molar-refractivity contribution in [1.29, 1.82) is 0 Å². The van der Waals surface area contributed by atoms with Crippen molar-refractivity contribution >= 4 is 33.5 Å². The summed E-state index contributed by atoms with van der Waals surface area (Å²) in [4.78, 5) is 35.0. The first kappa shape index (κ1) is 15.1. The number of aryl methyl sites for hydroxylation is 2. The Hall–Kier alpha value is -2.81. The van der Waals surface area contributed by atoms with E-state index in [-0.39, 0.29) is 5.91 Å². The van der Waals surface area contributed by atoms with Crippen molar-refractivity contribution in [3.8, 4) is 0 Å². The minimum absolute atomic E-state index is 0.310. The quantitative estimate of drug-likeness (QED) is 0.744. The van der Waals surface area contributed by atoms with Crippen LogP contribution in [0.4, 0.5) is 0 Å². The van der Waals surface area contributed by atoms with Gasteiger partial charge in [-0.1, -0.05) is 11.3 Å². The fourth-order valence-corrected chi connectivity index (χ4v) is 3.01. The number of carbonyl (C=O) groups excluding carboxylic acids is 2. The molecular formula is C14H14N6O2S. The Balaban J connectivity index is 2.03. The topological polar surface area (TPSA) is 119 Å². The molecule has 3 rings (SSSR count). The highest BCUT2D eigenvalue weighted by Gasteiger charge is 2.13. The summed E-state index contributed by atoms with van der Waals surface area (Å²) in [6, 6.07) is 3.32. The van der Waals surface area contributed by atoms with Gasteiger partial charge in [0.1, 0.15) is 11.3 Å². The maximum atomic E-state index is 12.3. The molecule has 2 amide bonds. The van der Waals surface area contributed by atoms with Gasteiger partial charge in [0.25, 0.3) is 5.91 Å². The number of nitrogens with zero attached hydrogens (tertiary/aromatic N) is 4. The van der Waals surface area contributed by atoms with Crippen molar-refractivity contribution < 1.29 is 9.59 Å². The fourth-order valence-electron chi connectivity index (χ4n) is 2.14. The van der Waals surface area contributed by atoms with Gasteiger partial charge in [0.05, 0.1) is 16.0 Å². The van der Waals surface area contributed by atoms with Crippen molar-refractivity contribution in [1.82, 2.24) is 19.7 Å². The molecule has 23 heavy (non-hydrogen) atoms. The third-order valence-electron chi connectivity index (χ3n) is 3.19. The highest BCUT2D eigenvalue weighted by Crippen LogP contribution is 2.13. The molecule has 9 heteroatoms. The van der Waals surface area contributed by atoms with E-state index in [0.717, 1.165) is 5.69 Å². The first-order valence-corrected chi connectivity index (χ1v) is 7.71. The van der Waals surface area contributed by atoms with Crippen LogP contribution in [0.15, 0.2) is 23.3 Å². The number of aromatic nitrogens is 4. The zero-order valence-electron chi connectivity index (χ0n) is 12.5. The Bertz CT molecular complexity index is 981. The number of fused-ring (bicyclic) bond motifs is 1. The van der Waals surface area contributed by atoms with E-state index in [4.69, 9.17) is 5.73 Å². The summed E-state index contributed by atoms with van der Waals surface area (Å²) in [6.07, 6.45) is 1.38. The molecule has 0 atom stereocenters. The van der Waals surface area contributed by atoms with E-state index in [1.807, 2.05) is 13.8 Å². The van der Waals surface area contributed by atoms with Crippen LogP contribution in [0.3, 0.4) is 0 Å². The number of rotatable bonds is 3. The van der Waals surface area contributed by atoms with Crippen LogP contribution >= 0.6 is 11.3 Å². The Morgan fingerprint density at radius 2 is 2.22 bits per heavy atom. The van der Waals surface area contributed by atoms with Crippen LogP contribution in [0.1, 0.15) is 33.5 Å². The van der Waals surface area contributed by atoms with Gasteiger partial charge in [-0.3, -0.25) is 14.3 Å². The van der Waals surface area contributed by atoms with E-state index in [0.29, 0.717) is 33.0 Å². The fraction of sp³-hybridized carbons (Fsp3) is 0.214. The Kier molecular flexibility index (Phi) is 3.78. The van der Waals surface area contributed by atoms with Crippen LogP contribution < -0.4 is 10.5 Å². The van der Waals surface area contributed by atoms with Gasteiger partial charge in [-0.25, -0.2) is 4.98 Å². The molecule has 3 heterocycles. The van der Waals surface area contributed by atoms with Crippen molar-refractivity contribution in [2.75, 3.05) is 0 Å². The molecule has 0 spiro atoms. The molecule has 0 aliphatic rings. The molecule has 0 aromatic carbocycles. The van der Waals surface area contributed by atoms with E-state index in [9.17, 15) is 9.59 Å². The normalized spacial score (nSPS) is 12.0. The van der Waals surface area contributed by atoms with Crippen molar-refractivity contribution in [3.05, 3.63) is 40.1 Å². The number of nitrogens with two attached hydrogens (primary N) is 1. The summed E-state index contributed by atoms with van der Waals surface area (Å²) >= 11 is 1.23. The van der Waals surface area contributed by atoms with E-state index >= 15 is 0 Å². The van der Waals surface area contributed by atoms with E-state index in [2.05, 4.69) is 20.1 Å². The van der Waals surface area contributed by atoms with Gasteiger partial charge in [0.15, 0.2) is 4.80 Å². The lowest BCUT2D eigenvalue weighted by Gasteiger charge is -1.98. The molecule has 0 saturated heterocycles. The number of H-pyrrole nitrogens is 1. The lowest BCUT2D eigenvalue weighted by Crippen LogP contribution is -2.11. The van der Waals surface area contributed by atoms with Gasteiger partial charge in [-0.05, 0) is 26.0 Å². The maximum absolute atomic E-state index is 12.3. The summed E-state index contributed by atoms with van der Waals surface area (Å²) in [5, 5.41) is 4.23. The lowest BCUT2D eigenvalue weighted by molar-refractivity contribution is 0.0984. The lowest BCUT2D eigenvalue weighted by atomic mass is 10.3. The molecule has 3 aromatic rings. The molecular weight excluding hydrogens is 316 g/mol. The summed E-state index contributed by atoms with van der Waals surface area (Å²) in [7, 11) is 0. The summed E-state index contributed by atoms with van der Waals surface area (Å²) in [5.74, 6) is -0.935. The first-order valence-electron chi connectivity index (χ1n) is 6.90. The monoisotopic (exact) mass is 330 g/mol. The predicted molar refractivity (Wildman–Crippen MR) is 85.0 cm³/mol. The minimum atomic E-state index is -0.551. The SMILES string of the molecule is CCn1nc(C)cc1C(=O)/N=c1/[nH]c2ncc(C(N)=O)cc2s1. The zero-order valence-corrected chi connectivity index (χ0v) is 13.3. The summed E-state index contributed by atoms with van der Waals surface area (Å²) in [6.45, 7) is 4.32. The number of primary amides is 1. The van der Waals surface area contributed by atoms with Gasteiger partial charge >= 0.3 is 0 Å². The second kappa shape index (κ2) is 5.76. The minimum Gasteiger partial charge on any atom is -0.366 e. The molecule has 0 aliphatic carbocycles. The molecule has 118 valence electrons. The largest absolute Gasteiger partial charge is 0.366 e. The van der Waals surface area contributed by atoms with Gasteiger partial charge in [0.2, 0.25) is 5.91 Å². The smallest absolute Gasteiger partial charge is 0.297 e. The molecule has 8 nitrogen and oxygen atoms in total. The van der Waals surface area contributed by atoms with Gasteiger partial charge < -0.3 is 10.7 Å². The summed E-state index contributed by atoms with van der Waals surface area (Å²) < 4.78 is 2.31. The van der Waals surface area contributed by atoms with Crippen LogP contribution in [0.25, 0.3) is 10.3 Å². The highest BCUT2D eigenvalue weighted by atomic mass is 32.1. The number of hydrogen-bond donors (Lipinski definition) is 2. The van der Waals surface area contributed by atoms with E-state index in [1.54, 1.807) is 16.8 Å². The Morgan fingerprint density at radius 3 is 2.91 bits per heavy atom. The van der Waals surface area contributed by atoms with Gasteiger partial charge in [0, 0.05) is 12.7 Å². The highest BCUT2D eigenvalue weighted by molar-refractivity contribution is 7.16. The second-order valence-corrected chi connectivity index (χ2v) is 5.90. The molecule has 0 saturated carbocycles. The molecule has 3 aromatic heterocycles. The zero-order chi connectivity index (χ0) is 16.6. The molecule has 0 radical (unpaired) electrons. The van der Waals surface area contributed by atoms with Crippen LogP contribution in [-0.2, 0) is 6.54 Å². The number of pyridine rings is 1. The maximum Gasteiger partial charge on any atom is 0.297 e. The van der Waals surface area contributed by atoms with Gasteiger partial charge in [-0.15, -0.1) is 0 Å². The number of carbonyl (C=O) groups is 2. The Labute approximate surface area is 134 Å². The molecule has 0 aliphatic heterocycles. The molecule has 0 fully saturated rings. The van der Waals surface area contributed by atoms with Gasteiger partial charge in [-0.2, -0.15) is 10.1 Å².